The van der Waals surface area contributed by atoms with E-state index in [1.54, 1.807) is 0 Å². The van der Waals surface area contributed by atoms with Crippen LogP contribution in [0.3, 0.4) is 0 Å². The van der Waals surface area contributed by atoms with Gasteiger partial charge in [0.2, 0.25) is 0 Å². The molecule has 118 valence electrons. The van der Waals surface area contributed by atoms with Crippen LogP contribution in [0.4, 0.5) is 0 Å². The molecule has 4 unspecified atom stereocenters. The van der Waals surface area contributed by atoms with E-state index in [9.17, 15) is 5.11 Å². The first-order chi connectivity index (χ1) is 9.46. The summed E-state index contributed by atoms with van der Waals surface area (Å²) in [5.41, 5.74) is 0.469. The van der Waals surface area contributed by atoms with E-state index < -0.39 is 0 Å². The van der Waals surface area contributed by atoms with Gasteiger partial charge in [0, 0.05) is 12.6 Å². The highest BCUT2D eigenvalue weighted by molar-refractivity contribution is 4.86. The van der Waals surface area contributed by atoms with E-state index in [1.807, 2.05) is 0 Å². The van der Waals surface area contributed by atoms with Crippen molar-refractivity contribution in [3.05, 3.63) is 0 Å². The maximum Gasteiger partial charge on any atom is 0.0897 e. The highest BCUT2D eigenvalue weighted by atomic mass is 16.5. The van der Waals surface area contributed by atoms with Gasteiger partial charge in [-0.05, 0) is 43.4 Å². The van der Waals surface area contributed by atoms with Crippen LogP contribution < -0.4 is 5.32 Å². The summed E-state index contributed by atoms with van der Waals surface area (Å²) in [4.78, 5) is 0. The smallest absolute Gasteiger partial charge is 0.0897 e. The maximum atomic E-state index is 10.1. The molecule has 20 heavy (non-hydrogen) atoms. The first kappa shape index (κ1) is 16.3. The Labute approximate surface area is 124 Å². The van der Waals surface area contributed by atoms with Crippen molar-refractivity contribution >= 4 is 0 Å². The van der Waals surface area contributed by atoms with Crippen LogP contribution >= 0.6 is 0 Å². The molecule has 2 N–H and O–H groups in total. The van der Waals surface area contributed by atoms with Gasteiger partial charge in [-0.1, -0.05) is 33.6 Å². The Morgan fingerprint density at radius 3 is 2.65 bits per heavy atom. The molecule has 0 bridgehead atoms. The lowest BCUT2D eigenvalue weighted by atomic mass is 9.88. The summed E-state index contributed by atoms with van der Waals surface area (Å²) in [6.07, 6.45) is 8.80. The van der Waals surface area contributed by atoms with E-state index in [2.05, 4.69) is 26.1 Å². The van der Waals surface area contributed by atoms with Crippen LogP contribution in [0.25, 0.3) is 0 Å². The molecule has 0 aromatic rings. The van der Waals surface area contributed by atoms with Crippen LogP contribution in [0, 0.1) is 11.3 Å². The quantitative estimate of drug-likeness (QED) is 0.787. The molecule has 0 aromatic heterocycles. The zero-order valence-electron chi connectivity index (χ0n) is 13.5. The summed E-state index contributed by atoms with van der Waals surface area (Å²) >= 11 is 0. The number of aliphatic hydroxyl groups excluding tert-OH is 1. The Kier molecular flexibility index (Phi) is 5.88. The van der Waals surface area contributed by atoms with Crippen LogP contribution in [-0.4, -0.2) is 36.5 Å². The average molecular weight is 283 g/mol. The second-order valence-corrected chi connectivity index (χ2v) is 7.80. The molecule has 2 saturated carbocycles. The van der Waals surface area contributed by atoms with Crippen molar-refractivity contribution in [1.82, 2.24) is 5.32 Å². The zero-order valence-corrected chi connectivity index (χ0v) is 13.5. The Morgan fingerprint density at radius 2 is 2.00 bits per heavy atom. The molecule has 0 radical (unpaired) electrons. The molecule has 0 saturated heterocycles. The second kappa shape index (κ2) is 7.24. The van der Waals surface area contributed by atoms with Gasteiger partial charge < -0.3 is 15.2 Å². The minimum absolute atomic E-state index is 0.365. The van der Waals surface area contributed by atoms with Crippen LogP contribution in [-0.2, 0) is 4.74 Å². The van der Waals surface area contributed by atoms with Gasteiger partial charge in [-0.25, -0.2) is 0 Å². The molecule has 2 fully saturated rings. The minimum atomic E-state index is -0.368. The van der Waals surface area contributed by atoms with Crippen molar-refractivity contribution in [3.63, 3.8) is 0 Å². The predicted molar refractivity (Wildman–Crippen MR) is 82.8 cm³/mol. The highest BCUT2D eigenvalue weighted by Crippen LogP contribution is 2.36. The van der Waals surface area contributed by atoms with Crippen molar-refractivity contribution in [2.24, 2.45) is 11.3 Å². The fraction of sp³-hybridized carbons (Fsp3) is 1.00. The van der Waals surface area contributed by atoms with Crippen LogP contribution in [0.5, 0.6) is 0 Å². The summed E-state index contributed by atoms with van der Waals surface area (Å²) in [6, 6.07) is 0.577. The molecular formula is C17H33NO2. The molecule has 3 heteroatoms. The van der Waals surface area contributed by atoms with Crippen molar-refractivity contribution in [3.8, 4) is 0 Å². The molecule has 0 aromatic carbocycles. The van der Waals surface area contributed by atoms with Gasteiger partial charge >= 0.3 is 0 Å². The molecule has 2 aliphatic rings. The Morgan fingerprint density at radius 1 is 1.25 bits per heavy atom. The van der Waals surface area contributed by atoms with E-state index in [1.165, 1.54) is 38.5 Å². The molecule has 2 aliphatic carbocycles. The summed E-state index contributed by atoms with van der Waals surface area (Å²) in [6.45, 7) is 8.09. The lowest BCUT2D eigenvalue weighted by molar-refractivity contribution is -0.0456. The molecule has 2 rings (SSSR count). The number of rotatable bonds is 6. The van der Waals surface area contributed by atoms with Gasteiger partial charge in [-0.15, -0.1) is 0 Å². The SMILES string of the molecule is CC1CCCCC1OCC(O)CNC1CCC(C)(C)C1. The lowest BCUT2D eigenvalue weighted by Gasteiger charge is -2.29. The second-order valence-electron chi connectivity index (χ2n) is 7.80. The molecule has 0 amide bonds. The molecule has 3 nitrogen and oxygen atoms in total. The predicted octanol–water partition coefficient (Wildman–Crippen LogP) is 3.11. The Hall–Kier alpha value is -0.120. The van der Waals surface area contributed by atoms with Crippen molar-refractivity contribution in [1.29, 1.82) is 0 Å². The van der Waals surface area contributed by atoms with E-state index in [4.69, 9.17) is 4.74 Å². The number of hydrogen-bond acceptors (Lipinski definition) is 3. The zero-order chi connectivity index (χ0) is 14.6. The third-order valence-corrected chi connectivity index (χ3v) is 5.15. The summed E-state index contributed by atoms with van der Waals surface area (Å²) in [5.74, 6) is 0.652. The first-order valence-electron chi connectivity index (χ1n) is 8.49. The molecule has 0 heterocycles. The van der Waals surface area contributed by atoms with E-state index >= 15 is 0 Å². The van der Waals surface area contributed by atoms with Crippen LogP contribution in [0.1, 0.15) is 65.7 Å². The molecule has 0 aliphatic heterocycles. The van der Waals surface area contributed by atoms with E-state index in [-0.39, 0.29) is 6.10 Å². The molecule has 4 atom stereocenters. The topological polar surface area (TPSA) is 41.5 Å². The number of aliphatic hydroxyl groups is 1. The fourth-order valence-electron chi connectivity index (χ4n) is 3.74. The summed E-state index contributed by atoms with van der Waals surface area (Å²) in [7, 11) is 0. The lowest BCUT2D eigenvalue weighted by Crippen LogP contribution is -2.38. The summed E-state index contributed by atoms with van der Waals surface area (Å²) < 4.78 is 5.92. The summed E-state index contributed by atoms with van der Waals surface area (Å²) in [5, 5.41) is 13.6. The fourth-order valence-corrected chi connectivity index (χ4v) is 3.74. The average Bonchev–Trinajstić information content (AvgIpc) is 2.75. The number of hydrogen-bond donors (Lipinski definition) is 2. The Bertz CT molecular complexity index is 293. The van der Waals surface area contributed by atoms with E-state index in [0.717, 1.165) is 6.42 Å². The normalized spacial score (nSPS) is 35.1. The highest BCUT2D eigenvalue weighted by Gasteiger charge is 2.30. The van der Waals surface area contributed by atoms with Gasteiger partial charge in [-0.2, -0.15) is 0 Å². The number of ether oxygens (including phenoxy) is 1. The van der Waals surface area contributed by atoms with Crippen LogP contribution in [0.2, 0.25) is 0 Å². The minimum Gasteiger partial charge on any atom is -0.389 e. The maximum absolute atomic E-state index is 10.1. The third-order valence-electron chi connectivity index (χ3n) is 5.15. The van der Waals surface area contributed by atoms with Crippen molar-refractivity contribution in [2.75, 3.05) is 13.2 Å². The van der Waals surface area contributed by atoms with Gasteiger partial charge in [0.05, 0.1) is 18.8 Å². The van der Waals surface area contributed by atoms with E-state index in [0.29, 0.717) is 36.6 Å². The third kappa shape index (κ3) is 5.01. The molecule has 0 spiro atoms. The van der Waals surface area contributed by atoms with Gasteiger partial charge in [-0.3, -0.25) is 0 Å². The van der Waals surface area contributed by atoms with Crippen LogP contribution in [0.15, 0.2) is 0 Å². The Balaban J connectivity index is 1.59. The largest absolute Gasteiger partial charge is 0.389 e. The van der Waals surface area contributed by atoms with Crippen molar-refractivity contribution in [2.45, 2.75) is 84.0 Å². The van der Waals surface area contributed by atoms with Gasteiger partial charge in [0.1, 0.15) is 0 Å². The van der Waals surface area contributed by atoms with Gasteiger partial charge in [0.25, 0.3) is 0 Å². The standard InChI is InChI=1S/C17H33NO2/c1-13-6-4-5-7-16(13)20-12-15(19)11-18-14-8-9-17(2,3)10-14/h13-16,18-19H,4-12H2,1-3H3. The van der Waals surface area contributed by atoms with Gasteiger partial charge in [0.15, 0.2) is 0 Å². The monoisotopic (exact) mass is 283 g/mol. The molecular weight excluding hydrogens is 250 g/mol. The van der Waals surface area contributed by atoms with Crippen molar-refractivity contribution < 1.29 is 9.84 Å². The number of nitrogens with one attached hydrogen (secondary N) is 1. The first-order valence-corrected chi connectivity index (χ1v) is 8.49.